The molecule has 10 atom stereocenters. The first-order valence-electron chi connectivity index (χ1n) is 15.6. The Morgan fingerprint density at radius 3 is 2.59 bits per heavy atom. The van der Waals surface area contributed by atoms with E-state index >= 15 is 0 Å². The molecule has 1 aromatic rings. The lowest BCUT2D eigenvalue weighted by Crippen LogP contribution is -2.42. The highest BCUT2D eigenvalue weighted by atomic mass is 16.6. The van der Waals surface area contributed by atoms with Crippen molar-refractivity contribution in [3.8, 4) is 0 Å². The molecule has 1 fully saturated rings. The van der Waals surface area contributed by atoms with Crippen LogP contribution in [0.2, 0.25) is 0 Å². The highest BCUT2D eigenvalue weighted by Crippen LogP contribution is 2.37. The van der Waals surface area contributed by atoms with E-state index < -0.39 is 47.6 Å². The number of esters is 2. The molecule has 9 nitrogen and oxygen atoms in total. The lowest BCUT2D eigenvalue weighted by atomic mass is 9.88. The largest absolute Gasteiger partial charge is 0.457 e. The maximum atomic E-state index is 12.9. The van der Waals surface area contributed by atoms with Gasteiger partial charge in [0.2, 0.25) is 0 Å². The van der Waals surface area contributed by atoms with Crippen LogP contribution in [0.25, 0.3) is 0 Å². The number of carbonyl (C=O) groups is 2. The fourth-order valence-electron chi connectivity index (χ4n) is 5.56. The first-order chi connectivity index (χ1) is 20.6. The number of aliphatic hydroxyl groups is 4. The maximum Gasteiger partial charge on any atom is 0.338 e. The molecule has 4 N–H and O–H groups in total. The van der Waals surface area contributed by atoms with Gasteiger partial charge in [0.05, 0.1) is 42.0 Å². The van der Waals surface area contributed by atoms with Crippen molar-refractivity contribution < 1.29 is 44.2 Å². The normalized spacial score (nSPS) is 33.7. The highest BCUT2D eigenvalue weighted by molar-refractivity contribution is 5.89. The molecule has 0 saturated carbocycles. The van der Waals surface area contributed by atoms with Crippen molar-refractivity contribution in [2.24, 2.45) is 11.8 Å². The Hall–Kier alpha value is -2.82. The number of allylic oxidation sites excluding steroid dienone is 2. The Balaban J connectivity index is 1.77. The second-order valence-electron chi connectivity index (χ2n) is 12.9. The number of cyclic esters (lactones) is 1. The van der Waals surface area contributed by atoms with Crippen LogP contribution in [0.5, 0.6) is 0 Å². The Labute approximate surface area is 261 Å². The van der Waals surface area contributed by atoms with Gasteiger partial charge in [-0.15, -0.1) is 0 Å². The van der Waals surface area contributed by atoms with E-state index in [0.29, 0.717) is 24.0 Å². The predicted molar refractivity (Wildman–Crippen MR) is 167 cm³/mol. The van der Waals surface area contributed by atoms with Crippen LogP contribution in [0.4, 0.5) is 0 Å². The fourth-order valence-corrected chi connectivity index (χ4v) is 5.56. The minimum atomic E-state index is -1.50. The van der Waals surface area contributed by atoms with Crippen LogP contribution in [0.3, 0.4) is 0 Å². The molecule has 0 amide bonds. The van der Waals surface area contributed by atoms with Gasteiger partial charge in [-0.05, 0) is 63.8 Å². The van der Waals surface area contributed by atoms with Gasteiger partial charge in [-0.3, -0.25) is 4.79 Å². The summed E-state index contributed by atoms with van der Waals surface area (Å²) in [7, 11) is 0. The molecule has 2 aliphatic heterocycles. The summed E-state index contributed by atoms with van der Waals surface area (Å²) in [5.74, 6) is -1.56. The zero-order chi connectivity index (χ0) is 32.7. The van der Waals surface area contributed by atoms with Gasteiger partial charge in [0.15, 0.2) is 0 Å². The third kappa shape index (κ3) is 10.4. The minimum Gasteiger partial charge on any atom is -0.457 e. The molecule has 2 heterocycles. The van der Waals surface area contributed by atoms with E-state index in [0.717, 1.165) is 0 Å². The number of hydrogen-bond acceptors (Lipinski definition) is 9. The van der Waals surface area contributed by atoms with Gasteiger partial charge in [-0.1, -0.05) is 63.3 Å². The summed E-state index contributed by atoms with van der Waals surface area (Å²) in [6.07, 6.45) is 6.00. The summed E-state index contributed by atoms with van der Waals surface area (Å²) < 4.78 is 17.3. The van der Waals surface area contributed by atoms with E-state index in [-0.39, 0.29) is 43.3 Å². The summed E-state index contributed by atoms with van der Waals surface area (Å²) in [4.78, 5) is 25.6. The zero-order valence-electron chi connectivity index (χ0n) is 26.8. The van der Waals surface area contributed by atoms with Gasteiger partial charge < -0.3 is 34.6 Å². The molecule has 44 heavy (non-hydrogen) atoms. The van der Waals surface area contributed by atoms with E-state index in [4.69, 9.17) is 14.2 Å². The number of aliphatic hydroxyl groups excluding tert-OH is 2. The van der Waals surface area contributed by atoms with Crippen molar-refractivity contribution in [2.45, 2.75) is 121 Å². The minimum absolute atomic E-state index is 0.0130. The van der Waals surface area contributed by atoms with Crippen molar-refractivity contribution in [3.05, 3.63) is 71.8 Å². The Kier molecular flexibility index (Phi) is 12.5. The van der Waals surface area contributed by atoms with E-state index in [2.05, 4.69) is 0 Å². The second kappa shape index (κ2) is 15.5. The molecule has 2 aliphatic rings. The standard InChI is InChI=1S/C35H50O9/c1-7-27(37)24(4)32-28(42-32)21-34(5,40)18-11-12-22(2)31-23(3)15-16-29(43-33(39)25-13-9-8-10-14-25)35(6,41)19-17-26(36)20-30(38)44-31/h8-16,18,23-24,26-29,31-32,36-37,40-41H,7,17,19-21H2,1-6H3/b16-15-,18-11+,22-12+. The number of carbonyl (C=O) groups excluding carboxylic acids is 2. The van der Waals surface area contributed by atoms with Crippen LogP contribution >= 0.6 is 0 Å². The molecule has 0 spiro atoms. The van der Waals surface area contributed by atoms with Gasteiger partial charge >= 0.3 is 11.9 Å². The average molecular weight is 615 g/mol. The lowest BCUT2D eigenvalue weighted by molar-refractivity contribution is -0.151. The van der Waals surface area contributed by atoms with Crippen LogP contribution in [0.15, 0.2) is 66.3 Å². The van der Waals surface area contributed by atoms with Crippen molar-refractivity contribution in [3.63, 3.8) is 0 Å². The first-order valence-corrected chi connectivity index (χ1v) is 15.6. The Morgan fingerprint density at radius 2 is 1.93 bits per heavy atom. The highest BCUT2D eigenvalue weighted by Gasteiger charge is 2.47. The molecule has 0 aromatic heterocycles. The van der Waals surface area contributed by atoms with Crippen molar-refractivity contribution in [1.82, 2.24) is 0 Å². The van der Waals surface area contributed by atoms with Crippen molar-refractivity contribution >= 4 is 11.9 Å². The Bertz CT molecular complexity index is 1190. The average Bonchev–Trinajstić information content (AvgIpc) is 3.73. The topological polar surface area (TPSA) is 146 Å². The fraction of sp³-hybridized carbons (Fsp3) is 0.600. The van der Waals surface area contributed by atoms with Crippen LogP contribution in [-0.2, 0) is 19.0 Å². The molecular formula is C35H50O9. The molecule has 0 radical (unpaired) electrons. The molecular weight excluding hydrogens is 564 g/mol. The quantitative estimate of drug-likeness (QED) is 0.130. The SMILES string of the molecule is CCC(O)C(C)C1OC1CC(C)(O)/C=C/C=C(\C)C1OC(=O)CC(O)CCC(C)(O)C(OC(=O)c2ccccc2)/C=C\C1C. The molecule has 0 aliphatic carbocycles. The van der Waals surface area contributed by atoms with Crippen LogP contribution in [0.1, 0.15) is 84.0 Å². The molecule has 1 saturated heterocycles. The second-order valence-corrected chi connectivity index (χ2v) is 12.9. The number of benzene rings is 1. The maximum absolute atomic E-state index is 12.9. The third-order valence-electron chi connectivity index (χ3n) is 8.61. The zero-order valence-corrected chi connectivity index (χ0v) is 26.8. The molecule has 10 unspecified atom stereocenters. The van der Waals surface area contributed by atoms with E-state index in [1.165, 1.54) is 0 Å². The summed E-state index contributed by atoms with van der Waals surface area (Å²) in [5, 5.41) is 42.9. The van der Waals surface area contributed by atoms with Gasteiger partial charge in [-0.25, -0.2) is 4.79 Å². The van der Waals surface area contributed by atoms with E-state index in [1.807, 2.05) is 20.8 Å². The van der Waals surface area contributed by atoms with Crippen molar-refractivity contribution in [2.75, 3.05) is 0 Å². The summed E-state index contributed by atoms with van der Waals surface area (Å²) in [6, 6.07) is 8.50. The molecule has 244 valence electrons. The predicted octanol–water partition coefficient (Wildman–Crippen LogP) is 4.43. The molecule has 9 heteroatoms. The van der Waals surface area contributed by atoms with Gasteiger partial charge in [-0.2, -0.15) is 0 Å². The van der Waals surface area contributed by atoms with E-state index in [1.54, 1.807) is 81.5 Å². The summed E-state index contributed by atoms with van der Waals surface area (Å²) in [6.45, 7) is 10.8. The summed E-state index contributed by atoms with van der Waals surface area (Å²) >= 11 is 0. The Morgan fingerprint density at radius 1 is 1.25 bits per heavy atom. The van der Waals surface area contributed by atoms with Gasteiger partial charge in [0, 0.05) is 18.3 Å². The van der Waals surface area contributed by atoms with Gasteiger partial charge in [0.25, 0.3) is 0 Å². The van der Waals surface area contributed by atoms with Crippen molar-refractivity contribution in [1.29, 1.82) is 0 Å². The first kappa shape index (κ1) is 35.7. The molecule has 0 bridgehead atoms. The van der Waals surface area contributed by atoms with Crippen LogP contribution < -0.4 is 0 Å². The number of hydrogen-bond donors (Lipinski definition) is 4. The smallest absolute Gasteiger partial charge is 0.338 e. The van der Waals surface area contributed by atoms with Crippen LogP contribution in [-0.4, -0.2) is 80.2 Å². The monoisotopic (exact) mass is 614 g/mol. The van der Waals surface area contributed by atoms with E-state index in [9.17, 15) is 30.0 Å². The third-order valence-corrected chi connectivity index (χ3v) is 8.61. The number of ether oxygens (including phenoxy) is 3. The lowest BCUT2D eigenvalue weighted by Gasteiger charge is -2.32. The van der Waals surface area contributed by atoms with Gasteiger partial charge in [0.1, 0.15) is 17.8 Å². The number of rotatable bonds is 10. The summed E-state index contributed by atoms with van der Waals surface area (Å²) in [5.41, 5.74) is -1.62. The number of epoxide rings is 1. The molecule has 3 rings (SSSR count). The molecule has 1 aromatic carbocycles. The van der Waals surface area contributed by atoms with Crippen LogP contribution in [0, 0.1) is 11.8 Å².